The number of nitrogens with two attached hydrogens (primary N) is 1. The Labute approximate surface area is 108 Å². The summed E-state index contributed by atoms with van der Waals surface area (Å²) < 4.78 is 0. The van der Waals surface area contributed by atoms with Gasteiger partial charge in [0.05, 0.1) is 18.9 Å². The van der Waals surface area contributed by atoms with Crippen LogP contribution in [0.15, 0.2) is 23.8 Å². The van der Waals surface area contributed by atoms with Crippen LogP contribution in [0.4, 0.5) is 5.82 Å². The predicted molar refractivity (Wildman–Crippen MR) is 70.1 cm³/mol. The molecule has 0 fully saturated rings. The van der Waals surface area contributed by atoms with Crippen LogP contribution in [0, 0.1) is 6.92 Å². The van der Waals surface area contributed by atoms with Crippen LogP contribution in [0.1, 0.15) is 20.9 Å². The van der Waals surface area contributed by atoms with Crippen molar-refractivity contribution in [3.05, 3.63) is 40.0 Å². The molecule has 0 radical (unpaired) electrons. The molecule has 0 aliphatic carbocycles. The molecule has 2 aromatic heterocycles. The van der Waals surface area contributed by atoms with Crippen LogP contribution in [-0.2, 0) is 6.54 Å². The van der Waals surface area contributed by atoms with Crippen molar-refractivity contribution < 1.29 is 4.79 Å². The van der Waals surface area contributed by atoms with Gasteiger partial charge in [-0.3, -0.25) is 4.79 Å². The Balaban J connectivity index is 1.97. The second-order valence-corrected chi connectivity index (χ2v) is 4.64. The third-order valence-corrected chi connectivity index (χ3v) is 3.43. The molecule has 1 amide bonds. The van der Waals surface area contributed by atoms with Crippen LogP contribution in [0.2, 0.25) is 0 Å². The minimum absolute atomic E-state index is 0.251. The van der Waals surface area contributed by atoms with Gasteiger partial charge in [0.2, 0.25) is 0 Å². The summed E-state index contributed by atoms with van der Waals surface area (Å²) in [5.41, 5.74) is 3.79. The number of rotatable bonds is 4. The maximum absolute atomic E-state index is 11.8. The summed E-state index contributed by atoms with van der Waals surface area (Å²) in [6.07, 6.45) is 2.79. The lowest BCUT2D eigenvalue weighted by Gasteiger charge is -2.04. The van der Waals surface area contributed by atoms with Crippen LogP contribution in [0.5, 0.6) is 0 Å². The molecule has 94 valence electrons. The number of thiophene rings is 1. The fourth-order valence-corrected chi connectivity index (χ4v) is 2.20. The summed E-state index contributed by atoms with van der Waals surface area (Å²) in [4.78, 5) is 20.8. The van der Waals surface area contributed by atoms with Crippen LogP contribution in [0.3, 0.4) is 0 Å². The lowest BCUT2D eigenvalue weighted by atomic mass is 10.3. The van der Waals surface area contributed by atoms with Crippen molar-refractivity contribution in [1.82, 2.24) is 15.3 Å². The third-order valence-electron chi connectivity index (χ3n) is 2.41. The fraction of sp³-hybridized carbons (Fsp3) is 0.182. The number of hydrogen-bond donors (Lipinski definition) is 3. The van der Waals surface area contributed by atoms with Gasteiger partial charge in [-0.05, 0) is 23.9 Å². The van der Waals surface area contributed by atoms with Gasteiger partial charge < -0.3 is 10.7 Å². The number of aryl methyl sites for hydroxylation is 1. The molecule has 2 aromatic rings. The molecular formula is C11H13N5OS. The highest BCUT2D eigenvalue weighted by Gasteiger charge is 2.08. The molecule has 0 aliphatic heterocycles. The Bertz CT molecular complexity index is 537. The summed E-state index contributed by atoms with van der Waals surface area (Å²) in [6.45, 7) is 2.51. The van der Waals surface area contributed by atoms with Crippen molar-refractivity contribution >= 4 is 23.1 Å². The Morgan fingerprint density at radius 3 is 2.83 bits per heavy atom. The van der Waals surface area contributed by atoms with Crippen molar-refractivity contribution in [2.24, 2.45) is 5.84 Å². The smallest absolute Gasteiger partial charge is 0.271 e. The molecule has 0 aromatic carbocycles. The van der Waals surface area contributed by atoms with E-state index in [1.807, 2.05) is 18.4 Å². The molecule has 0 unspecified atom stereocenters. The Kier molecular flexibility index (Phi) is 3.85. The number of nitrogens with one attached hydrogen (secondary N) is 2. The van der Waals surface area contributed by atoms with Gasteiger partial charge >= 0.3 is 0 Å². The lowest BCUT2D eigenvalue weighted by Crippen LogP contribution is -2.24. The van der Waals surface area contributed by atoms with Crippen LogP contribution in [-0.4, -0.2) is 15.9 Å². The summed E-state index contributed by atoms with van der Waals surface area (Å²) >= 11 is 1.62. The SMILES string of the molecule is Cc1ccsc1CNC(=O)c1cnc(NN)cn1. The maximum atomic E-state index is 11.8. The normalized spacial score (nSPS) is 10.1. The average molecular weight is 263 g/mol. The number of hydrogen-bond acceptors (Lipinski definition) is 6. The molecule has 0 saturated heterocycles. The first-order valence-corrected chi connectivity index (χ1v) is 6.18. The summed E-state index contributed by atoms with van der Waals surface area (Å²) in [5.74, 6) is 5.33. The van der Waals surface area contributed by atoms with E-state index < -0.39 is 0 Å². The highest BCUT2D eigenvalue weighted by Crippen LogP contribution is 2.14. The van der Waals surface area contributed by atoms with Gasteiger partial charge in [0.25, 0.3) is 5.91 Å². The number of nitrogen functional groups attached to an aromatic ring is 1. The minimum Gasteiger partial charge on any atom is -0.346 e. The molecule has 0 atom stereocenters. The molecule has 2 rings (SSSR count). The third kappa shape index (κ3) is 2.82. The Hall–Kier alpha value is -1.99. The first kappa shape index (κ1) is 12.5. The zero-order valence-corrected chi connectivity index (χ0v) is 10.6. The number of carbonyl (C=O) groups is 1. The van der Waals surface area contributed by atoms with E-state index in [0.717, 1.165) is 4.88 Å². The van der Waals surface area contributed by atoms with Crippen molar-refractivity contribution in [2.75, 3.05) is 5.43 Å². The summed E-state index contributed by atoms with van der Waals surface area (Å²) in [6, 6.07) is 2.02. The van der Waals surface area contributed by atoms with E-state index in [1.54, 1.807) is 11.3 Å². The van der Waals surface area contributed by atoms with Crippen LogP contribution >= 0.6 is 11.3 Å². The molecule has 4 N–H and O–H groups in total. The zero-order valence-electron chi connectivity index (χ0n) is 9.80. The topological polar surface area (TPSA) is 92.9 Å². The number of aromatic nitrogens is 2. The van der Waals surface area contributed by atoms with Crippen molar-refractivity contribution in [1.29, 1.82) is 0 Å². The van der Waals surface area contributed by atoms with E-state index >= 15 is 0 Å². The molecule has 2 heterocycles. The Morgan fingerprint density at radius 1 is 1.44 bits per heavy atom. The summed E-state index contributed by atoms with van der Waals surface area (Å²) in [5, 5.41) is 4.80. The van der Waals surface area contributed by atoms with Gasteiger partial charge in [-0.25, -0.2) is 15.8 Å². The lowest BCUT2D eigenvalue weighted by molar-refractivity contribution is 0.0946. The van der Waals surface area contributed by atoms with Gasteiger partial charge in [-0.1, -0.05) is 0 Å². The number of hydrazine groups is 1. The van der Waals surface area contributed by atoms with Crippen molar-refractivity contribution in [2.45, 2.75) is 13.5 Å². The highest BCUT2D eigenvalue weighted by molar-refractivity contribution is 7.10. The first-order valence-electron chi connectivity index (χ1n) is 5.30. The van der Waals surface area contributed by atoms with Gasteiger partial charge in [-0.15, -0.1) is 11.3 Å². The van der Waals surface area contributed by atoms with E-state index in [9.17, 15) is 4.79 Å². The van der Waals surface area contributed by atoms with Crippen molar-refractivity contribution in [3.63, 3.8) is 0 Å². The quantitative estimate of drug-likeness (QED) is 0.566. The fourth-order valence-electron chi connectivity index (χ4n) is 1.36. The molecule has 0 spiro atoms. The van der Waals surface area contributed by atoms with Gasteiger partial charge in [-0.2, -0.15) is 0 Å². The van der Waals surface area contributed by atoms with E-state index in [-0.39, 0.29) is 11.6 Å². The van der Waals surface area contributed by atoms with E-state index in [1.165, 1.54) is 18.0 Å². The van der Waals surface area contributed by atoms with E-state index in [0.29, 0.717) is 12.4 Å². The molecule has 6 nitrogen and oxygen atoms in total. The predicted octanol–water partition coefficient (Wildman–Crippen LogP) is 1.06. The molecular weight excluding hydrogens is 250 g/mol. The molecule has 0 bridgehead atoms. The standard InChI is InChI=1S/C11H13N5OS/c1-7-2-3-18-9(7)5-15-11(17)8-4-14-10(16-12)6-13-8/h2-4,6H,5,12H2,1H3,(H,14,16)(H,15,17). The second-order valence-electron chi connectivity index (χ2n) is 3.64. The van der Waals surface area contributed by atoms with E-state index in [2.05, 4.69) is 20.7 Å². The van der Waals surface area contributed by atoms with Crippen LogP contribution < -0.4 is 16.6 Å². The number of carbonyl (C=O) groups excluding carboxylic acids is 1. The van der Waals surface area contributed by atoms with Gasteiger partial charge in [0.15, 0.2) is 5.82 Å². The zero-order chi connectivity index (χ0) is 13.0. The molecule has 0 saturated carbocycles. The van der Waals surface area contributed by atoms with Crippen LogP contribution in [0.25, 0.3) is 0 Å². The Morgan fingerprint density at radius 2 is 2.28 bits per heavy atom. The highest BCUT2D eigenvalue weighted by atomic mass is 32.1. The monoisotopic (exact) mass is 263 g/mol. The average Bonchev–Trinajstić information content (AvgIpc) is 2.81. The molecule has 7 heteroatoms. The second kappa shape index (κ2) is 5.56. The van der Waals surface area contributed by atoms with E-state index in [4.69, 9.17) is 5.84 Å². The number of anilines is 1. The van der Waals surface area contributed by atoms with Gasteiger partial charge in [0, 0.05) is 4.88 Å². The van der Waals surface area contributed by atoms with Gasteiger partial charge in [0.1, 0.15) is 5.69 Å². The largest absolute Gasteiger partial charge is 0.346 e. The molecule has 0 aliphatic rings. The van der Waals surface area contributed by atoms with Crippen molar-refractivity contribution in [3.8, 4) is 0 Å². The summed E-state index contributed by atoms with van der Waals surface area (Å²) in [7, 11) is 0. The number of amides is 1. The number of nitrogens with zero attached hydrogens (tertiary/aromatic N) is 2. The maximum Gasteiger partial charge on any atom is 0.271 e. The molecule has 18 heavy (non-hydrogen) atoms. The minimum atomic E-state index is -0.251. The first-order chi connectivity index (χ1) is 8.70.